The lowest BCUT2D eigenvalue weighted by molar-refractivity contribution is 0.0329. The molecule has 0 heteroatoms. The Morgan fingerprint density at radius 1 is 0.643 bits per heavy atom. The van der Waals surface area contributed by atoms with Crippen molar-refractivity contribution in [1.82, 2.24) is 0 Å². The molecule has 3 rings (SSSR count). The second kappa shape index (κ2) is 2.18. The molecule has 0 nitrogen and oxygen atoms in total. The molecule has 0 aliphatic heterocycles. The van der Waals surface area contributed by atoms with Gasteiger partial charge in [-0.25, -0.2) is 0 Å². The fraction of sp³-hybridized carbons (Fsp3) is 0.714. The minimum absolute atomic E-state index is 0.555. The SMILES string of the molecule is CC1=C(C)C23CCCCC12C(C)=C3C. The van der Waals surface area contributed by atoms with E-state index >= 15 is 0 Å². The van der Waals surface area contributed by atoms with Gasteiger partial charge in [-0.3, -0.25) is 0 Å². The van der Waals surface area contributed by atoms with Crippen LogP contribution in [0, 0.1) is 10.8 Å². The topological polar surface area (TPSA) is 0 Å². The molecule has 0 N–H and O–H groups in total. The van der Waals surface area contributed by atoms with Crippen LogP contribution in [0.3, 0.4) is 0 Å². The standard InChI is InChI=1S/C14H20/c1-9-10(2)14-8-6-5-7-13(9,14)11(3)12(14)4/h5-8H2,1-4H3. The fourth-order valence-corrected chi connectivity index (χ4v) is 4.96. The van der Waals surface area contributed by atoms with Gasteiger partial charge in [-0.05, 0) is 40.5 Å². The van der Waals surface area contributed by atoms with Crippen molar-refractivity contribution in [3.8, 4) is 0 Å². The van der Waals surface area contributed by atoms with Gasteiger partial charge in [0.2, 0.25) is 0 Å². The van der Waals surface area contributed by atoms with E-state index in [4.69, 9.17) is 0 Å². The second-order valence-electron chi connectivity index (χ2n) is 5.52. The zero-order valence-corrected chi connectivity index (χ0v) is 9.83. The lowest BCUT2D eigenvalue weighted by Crippen LogP contribution is -2.62. The van der Waals surface area contributed by atoms with Crippen LogP contribution in [0.25, 0.3) is 0 Å². The molecule has 0 aromatic carbocycles. The van der Waals surface area contributed by atoms with Crippen molar-refractivity contribution in [1.29, 1.82) is 0 Å². The van der Waals surface area contributed by atoms with Crippen molar-refractivity contribution in [3.05, 3.63) is 22.3 Å². The summed E-state index contributed by atoms with van der Waals surface area (Å²) in [7, 11) is 0. The highest BCUT2D eigenvalue weighted by Crippen LogP contribution is 2.79. The van der Waals surface area contributed by atoms with Crippen LogP contribution in [-0.4, -0.2) is 0 Å². The van der Waals surface area contributed by atoms with Crippen LogP contribution < -0.4 is 0 Å². The Balaban J connectivity index is 2.22. The van der Waals surface area contributed by atoms with Gasteiger partial charge in [0, 0.05) is 10.8 Å². The average molecular weight is 188 g/mol. The van der Waals surface area contributed by atoms with Gasteiger partial charge in [0.1, 0.15) is 0 Å². The lowest BCUT2D eigenvalue weighted by Gasteiger charge is -2.72. The first-order chi connectivity index (χ1) is 6.59. The van der Waals surface area contributed by atoms with Crippen LogP contribution in [0.1, 0.15) is 53.4 Å². The summed E-state index contributed by atoms with van der Waals surface area (Å²) in [4.78, 5) is 0. The first-order valence-corrected chi connectivity index (χ1v) is 5.96. The molecule has 0 aromatic heterocycles. The molecule has 14 heavy (non-hydrogen) atoms. The molecule has 76 valence electrons. The van der Waals surface area contributed by atoms with Crippen molar-refractivity contribution in [2.24, 2.45) is 10.8 Å². The van der Waals surface area contributed by atoms with Crippen LogP contribution in [-0.2, 0) is 0 Å². The van der Waals surface area contributed by atoms with Gasteiger partial charge < -0.3 is 0 Å². The van der Waals surface area contributed by atoms with E-state index in [9.17, 15) is 0 Å². The predicted octanol–water partition coefficient (Wildman–Crippen LogP) is 4.23. The molecule has 1 saturated carbocycles. The van der Waals surface area contributed by atoms with E-state index < -0.39 is 0 Å². The maximum absolute atomic E-state index is 2.37. The van der Waals surface area contributed by atoms with Crippen LogP contribution in [0.2, 0.25) is 0 Å². The summed E-state index contributed by atoms with van der Waals surface area (Å²) in [6, 6.07) is 0. The van der Waals surface area contributed by atoms with Crippen LogP contribution in [0.15, 0.2) is 22.3 Å². The Labute approximate surface area is 87.1 Å². The summed E-state index contributed by atoms with van der Waals surface area (Å²) < 4.78 is 0. The first-order valence-electron chi connectivity index (χ1n) is 5.96. The normalized spacial score (nSPS) is 45.4. The quantitative estimate of drug-likeness (QED) is 0.499. The molecule has 1 fully saturated rings. The molecule has 0 atom stereocenters. The molecule has 0 spiro atoms. The van der Waals surface area contributed by atoms with E-state index in [1.54, 1.807) is 22.3 Å². The highest BCUT2D eigenvalue weighted by molar-refractivity contribution is 5.64. The molecule has 0 unspecified atom stereocenters. The minimum Gasteiger partial charge on any atom is -0.0620 e. The monoisotopic (exact) mass is 188 g/mol. The molecule has 0 aromatic rings. The maximum atomic E-state index is 2.37. The summed E-state index contributed by atoms with van der Waals surface area (Å²) in [5.74, 6) is 0. The van der Waals surface area contributed by atoms with Gasteiger partial charge in [-0.15, -0.1) is 0 Å². The molecule has 3 aliphatic carbocycles. The van der Waals surface area contributed by atoms with Gasteiger partial charge in [0.05, 0.1) is 0 Å². The Morgan fingerprint density at radius 2 is 0.929 bits per heavy atom. The van der Waals surface area contributed by atoms with E-state index in [2.05, 4.69) is 27.7 Å². The van der Waals surface area contributed by atoms with Crippen molar-refractivity contribution in [2.45, 2.75) is 53.4 Å². The highest BCUT2D eigenvalue weighted by atomic mass is 14.7. The number of allylic oxidation sites excluding steroid dienone is 4. The Bertz CT molecular complexity index is 317. The Hall–Kier alpha value is -0.520. The number of hydrogen-bond acceptors (Lipinski definition) is 0. The molecule has 0 bridgehead atoms. The van der Waals surface area contributed by atoms with Gasteiger partial charge >= 0.3 is 0 Å². The van der Waals surface area contributed by atoms with Crippen LogP contribution in [0.4, 0.5) is 0 Å². The fourth-order valence-electron chi connectivity index (χ4n) is 4.96. The van der Waals surface area contributed by atoms with E-state index in [1.165, 1.54) is 25.7 Å². The summed E-state index contributed by atoms with van der Waals surface area (Å²) in [6.07, 6.45) is 5.74. The third-order valence-corrected chi connectivity index (χ3v) is 5.77. The first kappa shape index (κ1) is 8.76. The molecule has 0 heterocycles. The number of hydrogen-bond donors (Lipinski definition) is 0. The zero-order valence-electron chi connectivity index (χ0n) is 9.83. The summed E-state index contributed by atoms with van der Waals surface area (Å²) >= 11 is 0. The maximum Gasteiger partial charge on any atom is 0.0251 e. The molecule has 0 amide bonds. The van der Waals surface area contributed by atoms with E-state index in [0.717, 1.165) is 0 Å². The summed E-state index contributed by atoms with van der Waals surface area (Å²) in [5.41, 5.74) is 7.94. The Kier molecular flexibility index (Phi) is 1.36. The summed E-state index contributed by atoms with van der Waals surface area (Å²) in [6.45, 7) is 9.48. The minimum atomic E-state index is 0.555. The van der Waals surface area contributed by atoms with Gasteiger partial charge in [0.15, 0.2) is 0 Å². The largest absolute Gasteiger partial charge is 0.0620 e. The van der Waals surface area contributed by atoms with Gasteiger partial charge in [-0.1, -0.05) is 35.1 Å². The summed E-state index contributed by atoms with van der Waals surface area (Å²) in [5, 5.41) is 0. The van der Waals surface area contributed by atoms with Crippen molar-refractivity contribution in [2.75, 3.05) is 0 Å². The Morgan fingerprint density at radius 3 is 1.21 bits per heavy atom. The zero-order chi connectivity index (χ0) is 10.1. The highest BCUT2D eigenvalue weighted by Gasteiger charge is 2.69. The molecular weight excluding hydrogens is 168 g/mol. The molecule has 0 radical (unpaired) electrons. The third kappa shape index (κ3) is 0.515. The number of rotatable bonds is 0. The predicted molar refractivity (Wildman–Crippen MR) is 60.1 cm³/mol. The van der Waals surface area contributed by atoms with E-state index in [0.29, 0.717) is 10.8 Å². The lowest BCUT2D eigenvalue weighted by atomic mass is 9.31. The van der Waals surface area contributed by atoms with Crippen molar-refractivity contribution in [3.63, 3.8) is 0 Å². The average Bonchev–Trinajstić information content (AvgIpc) is 2.24. The van der Waals surface area contributed by atoms with E-state index in [-0.39, 0.29) is 0 Å². The van der Waals surface area contributed by atoms with Gasteiger partial charge in [-0.2, -0.15) is 0 Å². The van der Waals surface area contributed by atoms with Gasteiger partial charge in [0.25, 0.3) is 0 Å². The molecular formula is C14H20. The second-order valence-corrected chi connectivity index (χ2v) is 5.52. The molecule has 0 saturated heterocycles. The molecule has 3 aliphatic rings. The van der Waals surface area contributed by atoms with Crippen molar-refractivity contribution < 1.29 is 0 Å². The van der Waals surface area contributed by atoms with Crippen molar-refractivity contribution >= 4 is 0 Å². The van der Waals surface area contributed by atoms with E-state index in [1.807, 2.05) is 0 Å². The van der Waals surface area contributed by atoms with Crippen LogP contribution >= 0.6 is 0 Å². The third-order valence-electron chi connectivity index (χ3n) is 5.77. The van der Waals surface area contributed by atoms with Crippen LogP contribution in [0.5, 0.6) is 0 Å². The smallest absolute Gasteiger partial charge is 0.0251 e.